The maximum Gasteiger partial charge on any atom is 0.412 e. The van der Waals surface area contributed by atoms with Crippen molar-refractivity contribution in [3.63, 3.8) is 0 Å². The number of carbonyl (C=O) groups excluding carboxylic acids is 2. The lowest BCUT2D eigenvalue weighted by Crippen LogP contribution is -2.42. The highest BCUT2D eigenvalue weighted by Gasteiger charge is 2.24. The topological polar surface area (TPSA) is 131 Å². The second-order valence-electron chi connectivity index (χ2n) is 8.90. The van der Waals surface area contributed by atoms with Gasteiger partial charge in [-0.25, -0.2) is 14.0 Å². The zero-order chi connectivity index (χ0) is 28.8. The fourth-order valence-electron chi connectivity index (χ4n) is 3.97. The van der Waals surface area contributed by atoms with Crippen LogP contribution in [0.1, 0.15) is 40.2 Å². The summed E-state index contributed by atoms with van der Waals surface area (Å²) >= 11 is 6.19. The van der Waals surface area contributed by atoms with Crippen molar-refractivity contribution in [3.8, 4) is 11.3 Å². The Morgan fingerprint density at radius 1 is 1.05 bits per heavy atom. The molecule has 0 aliphatic heterocycles. The summed E-state index contributed by atoms with van der Waals surface area (Å²) in [4.78, 5) is 37.1. The van der Waals surface area contributed by atoms with Gasteiger partial charge in [-0.1, -0.05) is 65.3 Å². The lowest BCUT2D eigenvalue weighted by Gasteiger charge is -2.16. The fourth-order valence-corrected chi connectivity index (χ4v) is 4.26. The van der Waals surface area contributed by atoms with Crippen molar-refractivity contribution in [3.05, 3.63) is 106 Å². The van der Waals surface area contributed by atoms with E-state index >= 15 is 0 Å². The highest BCUT2D eigenvalue weighted by atomic mass is 35.5. The molecule has 3 aromatic carbocycles. The summed E-state index contributed by atoms with van der Waals surface area (Å²) in [5.41, 5.74) is 2.16. The Morgan fingerprint density at radius 2 is 1.73 bits per heavy atom. The molecule has 11 heteroatoms. The summed E-state index contributed by atoms with van der Waals surface area (Å²) in [5.74, 6) is -2.27. The Hall–Kier alpha value is -4.70. The third kappa shape index (κ3) is 6.65. The fraction of sp³-hybridized carbons (Fsp3) is 0.172. The molecule has 0 saturated carbocycles. The number of aromatic nitrogens is 1. The third-order valence-electron chi connectivity index (χ3n) is 6.11. The molecular weight excluding hydrogens is 541 g/mol. The van der Waals surface area contributed by atoms with Crippen LogP contribution in [-0.2, 0) is 16.0 Å². The van der Waals surface area contributed by atoms with Crippen LogP contribution in [0.2, 0.25) is 5.02 Å². The van der Waals surface area contributed by atoms with E-state index in [2.05, 4.69) is 15.8 Å². The summed E-state index contributed by atoms with van der Waals surface area (Å²) in [6, 6.07) is 17.5. The molecule has 1 heterocycles. The van der Waals surface area contributed by atoms with Crippen molar-refractivity contribution in [2.45, 2.75) is 32.4 Å². The minimum absolute atomic E-state index is 0.169. The first-order valence-electron chi connectivity index (χ1n) is 12.2. The van der Waals surface area contributed by atoms with Crippen molar-refractivity contribution < 1.29 is 33.1 Å². The van der Waals surface area contributed by atoms with Gasteiger partial charge in [0.05, 0.1) is 0 Å². The minimum atomic E-state index is -1.34. The van der Waals surface area contributed by atoms with Gasteiger partial charge >= 0.3 is 12.1 Å². The number of ether oxygens (including phenoxy) is 1. The molecule has 0 aliphatic rings. The molecule has 9 nitrogen and oxygen atoms in total. The first kappa shape index (κ1) is 28.3. The second-order valence-corrected chi connectivity index (χ2v) is 9.31. The van der Waals surface area contributed by atoms with E-state index in [9.17, 15) is 23.9 Å². The zero-order valence-electron chi connectivity index (χ0n) is 21.5. The van der Waals surface area contributed by atoms with E-state index < -0.39 is 35.9 Å². The van der Waals surface area contributed by atoms with Crippen molar-refractivity contribution in [1.29, 1.82) is 0 Å². The standard InChI is InChI=1S/C29H25ClFN3O6/c1-16-25(33-29(38)39-17(2)21-8-4-5-9-22(21)30)26(40-34-16)18-11-13-19(14-12-18)27(35)32-24(28(36)37)15-20-7-3-6-10-23(20)31/h3-14,17,24H,15H2,1-2H3,(H,32,35)(H,33,38)(H,36,37)/t17?,24-/m1/s1. The van der Waals surface area contributed by atoms with Crippen LogP contribution in [0, 0.1) is 12.7 Å². The molecule has 2 atom stereocenters. The number of carbonyl (C=O) groups is 3. The highest BCUT2D eigenvalue weighted by molar-refractivity contribution is 6.31. The third-order valence-corrected chi connectivity index (χ3v) is 6.46. The van der Waals surface area contributed by atoms with Crippen LogP contribution in [0.3, 0.4) is 0 Å². The van der Waals surface area contributed by atoms with Crippen molar-refractivity contribution in [1.82, 2.24) is 10.5 Å². The minimum Gasteiger partial charge on any atom is -0.480 e. The van der Waals surface area contributed by atoms with E-state index in [0.717, 1.165) is 0 Å². The number of halogens is 2. The van der Waals surface area contributed by atoms with Crippen LogP contribution in [0.5, 0.6) is 0 Å². The average Bonchev–Trinajstić information content (AvgIpc) is 3.29. The van der Waals surface area contributed by atoms with Gasteiger partial charge in [0, 0.05) is 28.1 Å². The van der Waals surface area contributed by atoms with Crippen LogP contribution in [-0.4, -0.2) is 34.3 Å². The molecule has 0 spiro atoms. The van der Waals surface area contributed by atoms with Gasteiger partial charge in [-0.15, -0.1) is 0 Å². The molecule has 4 aromatic rings. The highest BCUT2D eigenvalue weighted by Crippen LogP contribution is 2.32. The van der Waals surface area contributed by atoms with Gasteiger partial charge in [-0.2, -0.15) is 0 Å². The van der Waals surface area contributed by atoms with Crippen molar-refractivity contribution >= 4 is 35.3 Å². The number of aryl methyl sites for hydroxylation is 1. The average molecular weight is 566 g/mol. The summed E-state index contributed by atoms with van der Waals surface area (Å²) in [6.07, 6.45) is -1.59. The lowest BCUT2D eigenvalue weighted by atomic mass is 10.0. The van der Waals surface area contributed by atoms with Gasteiger partial charge in [0.25, 0.3) is 5.91 Å². The summed E-state index contributed by atoms with van der Waals surface area (Å²) < 4.78 is 24.9. The molecule has 0 radical (unpaired) electrons. The largest absolute Gasteiger partial charge is 0.480 e. The number of amides is 2. The molecule has 3 N–H and O–H groups in total. The molecule has 4 rings (SSSR count). The van der Waals surface area contributed by atoms with E-state index in [1.165, 1.54) is 30.3 Å². The molecule has 1 unspecified atom stereocenters. The number of aliphatic carboxylic acids is 1. The number of nitrogens with one attached hydrogen (secondary N) is 2. The van der Waals surface area contributed by atoms with Crippen molar-refractivity contribution in [2.75, 3.05) is 5.32 Å². The summed E-state index contributed by atoms with van der Waals surface area (Å²) in [6.45, 7) is 3.33. The number of rotatable bonds is 9. The molecule has 2 amide bonds. The predicted octanol–water partition coefficient (Wildman–Crippen LogP) is 6.18. The Bertz CT molecular complexity index is 1540. The van der Waals surface area contributed by atoms with E-state index in [0.29, 0.717) is 21.8 Å². The van der Waals surface area contributed by atoms with Gasteiger partial charge in [0.15, 0.2) is 5.76 Å². The van der Waals surface area contributed by atoms with Gasteiger partial charge < -0.3 is 19.7 Å². The maximum absolute atomic E-state index is 14.0. The Morgan fingerprint density at radius 3 is 2.40 bits per heavy atom. The van der Waals surface area contributed by atoms with Gasteiger partial charge in [-0.05, 0) is 43.7 Å². The number of hydrogen-bond acceptors (Lipinski definition) is 6. The number of carboxylic acid groups (broad SMARTS) is 1. The van der Waals surface area contributed by atoms with Crippen LogP contribution in [0.4, 0.5) is 14.9 Å². The van der Waals surface area contributed by atoms with Crippen LogP contribution in [0.25, 0.3) is 11.3 Å². The Kier molecular flexibility index (Phi) is 8.80. The van der Waals surface area contributed by atoms with Gasteiger partial charge in [0.2, 0.25) is 0 Å². The molecule has 0 bridgehead atoms. The van der Waals surface area contributed by atoms with Crippen LogP contribution >= 0.6 is 11.6 Å². The molecule has 40 heavy (non-hydrogen) atoms. The smallest absolute Gasteiger partial charge is 0.412 e. The number of hydrogen-bond donors (Lipinski definition) is 3. The van der Waals surface area contributed by atoms with E-state index in [4.69, 9.17) is 20.9 Å². The number of carboxylic acids is 1. The molecule has 0 saturated heterocycles. The molecule has 1 aromatic heterocycles. The number of anilines is 1. The van der Waals surface area contributed by atoms with Crippen LogP contribution < -0.4 is 10.6 Å². The van der Waals surface area contributed by atoms with Crippen LogP contribution in [0.15, 0.2) is 77.3 Å². The van der Waals surface area contributed by atoms with Gasteiger partial charge in [-0.3, -0.25) is 10.1 Å². The first-order chi connectivity index (χ1) is 19.1. The molecule has 0 fully saturated rings. The Balaban J connectivity index is 1.44. The van der Waals surface area contributed by atoms with E-state index in [1.54, 1.807) is 56.3 Å². The van der Waals surface area contributed by atoms with E-state index in [-0.39, 0.29) is 29.0 Å². The SMILES string of the molecule is Cc1noc(-c2ccc(C(=O)N[C@H](Cc3ccccc3F)C(=O)O)cc2)c1NC(=O)OC(C)c1ccccc1Cl. The lowest BCUT2D eigenvalue weighted by molar-refractivity contribution is -0.139. The monoisotopic (exact) mass is 565 g/mol. The maximum atomic E-state index is 14.0. The quantitative estimate of drug-likeness (QED) is 0.221. The molecular formula is C29H25ClFN3O6. The summed E-state index contributed by atoms with van der Waals surface area (Å²) in [5, 5.41) is 19.0. The van der Waals surface area contributed by atoms with E-state index in [1.807, 2.05) is 0 Å². The summed E-state index contributed by atoms with van der Waals surface area (Å²) in [7, 11) is 0. The normalized spacial score (nSPS) is 12.3. The number of benzene rings is 3. The zero-order valence-corrected chi connectivity index (χ0v) is 22.2. The Labute approximate surface area is 233 Å². The van der Waals surface area contributed by atoms with Gasteiger partial charge in [0.1, 0.15) is 29.3 Å². The molecule has 0 aliphatic carbocycles. The number of nitrogens with zero attached hydrogens (tertiary/aromatic N) is 1. The van der Waals surface area contributed by atoms with Crippen molar-refractivity contribution in [2.24, 2.45) is 0 Å². The first-order valence-corrected chi connectivity index (χ1v) is 12.6. The second kappa shape index (κ2) is 12.4. The molecule has 206 valence electrons. The predicted molar refractivity (Wildman–Crippen MR) is 146 cm³/mol.